The normalized spacial score (nSPS) is 11.4. The summed E-state index contributed by atoms with van der Waals surface area (Å²) in [6, 6.07) is 0. The van der Waals surface area contributed by atoms with Gasteiger partial charge in [-0.2, -0.15) is 0 Å². The lowest BCUT2D eigenvalue weighted by molar-refractivity contribution is -0.137. The van der Waals surface area contributed by atoms with E-state index in [0.717, 1.165) is 12.8 Å². The highest BCUT2D eigenvalue weighted by Crippen LogP contribution is 2.13. The molecule has 0 amide bonds. The van der Waals surface area contributed by atoms with E-state index in [0.29, 0.717) is 6.61 Å². The van der Waals surface area contributed by atoms with Crippen molar-refractivity contribution < 1.29 is 9.53 Å². The van der Waals surface area contributed by atoms with Crippen molar-refractivity contribution in [3.8, 4) is 0 Å². The summed E-state index contributed by atoms with van der Waals surface area (Å²) < 4.78 is 5.30. The first-order chi connectivity index (χ1) is 15.3. The Hall–Kier alpha value is -0.790. The molecule has 0 saturated carbocycles. The summed E-state index contributed by atoms with van der Waals surface area (Å²) in [7, 11) is 0. The van der Waals surface area contributed by atoms with Gasteiger partial charge in [0.2, 0.25) is 0 Å². The zero-order chi connectivity index (χ0) is 22.7. The molecule has 0 bridgehead atoms. The van der Waals surface area contributed by atoms with Crippen molar-refractivity contribution in [2.75, 3.05) is 6.61 Å². The first kappa shape index (κ1) is 30.2. The Morgan fingerprint density at radius 1 is 0.516 bits per heavy atom. The third kappa shape index (κ3) is 27.2. The van der Waals surface area contributed by atoms with Crippen LogP contribution in [0.25, 0.3) is 0 Å². The van der Waals surface area contributed by atoms with Crippen molar-refractivity contribution in [2.45, 2.75) is 162 Å². The molecular weight excluding hydrogens is 380 g/mol. The SMILES string of the molecule is CCCCCCCCC=CC(=O)OCCCCCCCCCCCCCCCCCC. The van der Waals surface area contributed by atoms with E-state index in [9.17, 15) is 4.79 Å². The molecule has 0 unspecified atom stereocenters. The Labute approximate surface area is 196 Å². The Bertz CT molecular complexity index is 375. The summed E-state index contributed by atoms with van der Waals surface area (Å²) in [5, 5.41) is 0. The summed E-state index contributed by atoms with van der Waals surface area (Å²) in [5.41, 5.74) is 0. The van der Waals surface area contributed by atoms with Gasteiger partial charge in [-0.1, -0.05) is 148 Å². The van der Waals surface area contributed by atoms with Gasteiger partial charge in [-0.25, -0.2) is 4.79 Å². The van der Waals surface area contributed by atoms with Gasteiger partial charge in [-0.05, 0) is 19.3 Å². The molecule has 31 heavy (non-hydrogen) atoms. The molecule has 0 aromatic heterocycles. The highest BCUT2D eigenvalue weighted by atomic mass is 16.5. The maximum Gasteiger partial charge on any atom is 0.330 e. The fourth-order valence-corrected chi connectivity index (χ4v) is 4.09. The van der Waals surface area contributed by atoms with E-state index in [4.69, 9.17) is 4.74 Å². The maximum absolute atomic E-state index is 11.7. The van der Waals surface area contributed by atoms with Gasteiger partial charge in [0.25, 0.3) is 0 Å². The van der Waals surface area contributed by atoms with E-state index >= 15 is 0 Å². The molecule has 0 rings (SSSR count). The van der Waals surface area contributed by atoms with Crippen LogP contribution in [0.3, 0.4) is 0 Å². The quantitative estimate of drug-likeness (QED) is 0.0808. The lowest BCUT2D eigenvalue weighted by atomic mass is 10.0. The van der Waals surface area contributed by atoms with Crippen molar-refractivity contribution in [3.05, 3.63) is 12.2 Å². The monoisotopic (exact) mass is 436 g/mol. The van der Waals surface area contributed by atoms with Crippen molar-refractivity contribution in [1.29, 1.82) is 0 Å². The third-order valence-electron chi connectivity index (χ3n) is 6.22. The van der Waals surface area contributed by atoms with E-state index in [2.05, 4.69) is 13.8 Å². The molecule has 0 N–H and O–H groups in total. The van der Waals surface area contributed by atoms with Gasteiger partial charge in [0.15, 0.2) is 0 Å². The first-order valence-electron chi connectivity index (χ1n) is 14.1. The number of rotatable bonds is 25. The van der Waals surface area contributed by atoms with Crippen molar-refractivity contribution in [2.24, 2.45) is 0 Å². The zero-order valence-corrected chi connectivity index (χ0v) is 21.4. The van der Waals surface area contributed by atoms with Crippen molar-refractivity contribution >= 4 is 5.97 Å². The molecule has 0 saturated heterocycles. The lowest BCUT2D eigenvalue weighted by Gasteiger charge is -2.04. The summed E-state index contributed by atoms with van der Waals surface area (Å²) in [6.07, 6.45) is 34.3. The van der Waals surface area contributed by atoms with Crippen LogP contribution in [-0.4, -0.2) is 12.6 Å². The second kappa shape index (κ2) is 27.2. The third-order valence-corrected chi connectivity index (χ3v) is 6.22. The lowest BCUT2D eigenvalue weighted by Crippen LogP contribution is -2.02. The molecule has 2 heteroatoms. The topological polar surface area (TPSA) is 26.3 Å². The zero-order valence-electron chi connectivity index (χ0n) is 21.4. The number of ether oxygens (including phenoxy) is 1. The average Bonchev–Trinajstić information content (AvgIpc) is 2.77. The van der Waals surface area contributed by atoms with Crippen LogP contribution in [0, 0.1) is 0 Å². The van der Waals surface area contributed by atoms with E-state index in [1.54, 1.807) is 6.08 Å². The molecule has 0 aliphatic carbocycles. The summed E-state index contributed by atoms with van der Waals surface area (Å²) in [4.78, 5) is 11.7. The fourth-order valence-electron chi connectivity index (χ4n) is 4.09. The largest absolute Gasteiger partial charge is 0.463 e. The standard InChI is InChI=1S/C29H56O2/c1-3-5-7-9-11-13-14-15-16-17-18-19-20-22-24-26-28-31-29(30)27-25-23-21-12-10-8-6-4-2/h25,27H,3-24,26,28H2,1-2H3. The van der Waals surface area contributed by atoms with E-state index in [1.165, 1.54) is 135 Å². The maximum atomic E-state index is 11.7. The van der Waals surface area contributed by atoms with Gasteiger partial charge in [0.1, 0.15) is 0 Å². The van der Waals surface area contributed by atoms with Crippen LogP contribution in [0.2, 0.25) is 0 Å². The molecule has 0 aromatic carbocycles. The molecule has 2 nitrogen and oxygen atoms in total. The highest BCUT2D eigenvalue weighted by molar-refractivity contribution is 5.81. The predicted octanol–water partition coefficient (Wildman–Crippen LogP) is 10.1. The predicted molar refractivity (Wildman–Crippen MR) is 138 cm³/mol. The number of hydrogen-bond acceptors (Lipinski definition) is 2. The molecule has 0 fully saturated rings. The van der Waals surface area contributed by atoms with Crippen LogP contribution < -0.4 is 0 Å². The van der Waals surface area contributed by atoms with Gasteiger partial charge >= 0.3 is 5.97 Å². The van der Waals surface area contributed by atoms with Gasteiger partial charge in [-0.3, -0.25) is 0 Å². The molecule has 0 atom stereocenters. The second-order valence-corrected chi connectivity index (χ2v) is 9.43. The number of hydrogen-bond donors (Lipinski definition) is 0. The molecule has 184 valence electrons. The van der Waals surface area contributed by atoms with Crippen LogP contribution in [0.1, 0.15) is 162 Å². The second-order valence-electron chi connectivity index (χ2n) is 9.43. The van der Waals surface area contributed by atoms with Gasteiger partial charge in [0.05, 0.1) is 6.61 Å². The molecule has 0 aliphatic rings. The Morgan fingerprint density at radius 2 is 0.871 bits per heavy atom. The van der Waals surface area contributed by atoms with Crippen LogP contribution in [0.4, 0.5) is 0 Å². The van der Waals surface area contributed by atoms with Crippen LogP contribution >= 0.6 is 0 Å². The van der Waals surface area contributed by atoms with Crippen molar-refractivity contribution in [3.63, 3.8) is 0 Å². The molecule has 0 radical (unpaired) electrons. The Morgan fingerprint density at radius 3 is 1.29 bits per heavy atom. The van der Waals surface area contributed by atoms with E-state index in [-0.39, 0.29) is 5.97 Å². The van der Waals surface area contributed by atoms with Crippen LogP contribution in [-0.2, 0) is 9.53 Å². The molecule has 0 aliphatic heterocycles. The van der Waals surface area contributed by atoms with Gasteiger partial charge in [0, 0.05) is 6.08 Å². The minimum atomic E-state index is -0.160. The highest BCUT2D eigenvalue weighted by Gasteiger charge is 1.98. The number of carbonyl (C=O) groups excluding carboxylic acids is 1. The van der Waals surface area contributed by atoms with E-state index < -0.39 is 0 Å². The smallest absolute Gasteiger partial charge is 0.330 e. The summed E-state index contributed by atoms with van der Waals surface area (Å²) in [6.45, 7) is 5.11. The summed E-state index contributed by atoms with van der Waals surface area (Å²) >= 11 is 0. The van der Waals surface area contributed by atoms with Crippen LogP contribution in [0.15, 0.2) is 12.2 Å². The number of allylic oxidation sites excluding steroid dienone is 1. The Balaban J connectivity index is 3.18. The number of esters is 1. The van der Waals surface area contributed by atoms with Crippen LogP contribution in [0.5, 0.6) is 0 Å². The first-order valence-corrected chi connectivity index (χ1v) is 14.1. The molecule has 0 spiro atoms. The van der Waals surface area contributed by atoms with Gasteiger partial charge in [-0.15, -0.1) is 0 Å². The van der Waals surface area contributed by atoms with E-state index in [1.807, 2.05) is 6.08 Å². The van der Waals surface area contributed by atoms with Gasteiger partial charge < -0.3 is 4.74 Å². The molecular formula is C29H56O2. The minimum absolute atomic E-state index is 0.160. The summed E-state index contributed by atoms with van der Waals surface area (Å²) in [5.74, 6) is -0.160. The Kier molecular flexibility index (Phi) is 26.5. The number of unbranched alkanes of at least 4 members (excludes halogenated alkanes) is 21. The number of carbonyl (C=O) groups is 1. The average molecular weight is 437 g/mol. The fraction of sp³-hybridized carbons (Fsp3) is 0.897. The molecule has 0 heterocycles. The molecule has 0 aromatic rings. The van der Waals surface area contributed by atoms with Crippen molar-refractivity contribution in [1.82, 2.24) is 0 Å². The minimum Gasteiger partial charge on any atom is -0.463 e.